The van der Waals surface area contributed by atoms with Crippen molar-refractivity contribution in [2.24, 2.45) is 17.1 Å². The molecule has 0 saturated carbocycles. The van der Waals surface area contributed by atoms with Crippen LogP contribution in [-0.2, 0) is 31.9 Å². The standard InChI is InChI=1S/C30H44N2O6S/c1-29(2,3)24-11-8-21(9-12-24)16-23(18-37-27(33)30(4,5)6)19-38-28(34)32-39-20-22-10-13-25(36-15-14-31)26(17-22)35-7/h8-13,17,23H,14-16,18-20,31H2,1-7H3,(H,32,34). The first-order valence-corrected chi connectivity index (χ1v) is 14.1. The lowest BCUT2D eigenvalue weighted by molar-refractivity contribution is -0.154. The summed E-state index contributed by atoms with van der Waals surface area (Å²) in [5.74, 6) is 1.26. The topological polar surface area (TPSA) is 109 Å². The molecule has 0 aliphatic carbocycles. The van der Waals surface area contributed by atoms with Gasteiger partial charge in [0.1, 0.15) is 6.61 Å². The minimum atomic E-state index is -0.606. The van der Waals surface area contributed by atoms with Crippen molar-refractivity contribution in [3.05, 3.63) is 59.2 Å². The normalized spacial score (nSPS) is 12.4. The van der Waals surface area contributed by atoms with Gasteiger partial charge in [0, 0.05) is 18.2 Å². The second-order valence-electron chi connectivity index (χ2n) is 11.5. The maximum atomic E-state index is 12.4. The van der Waals surface area contributed by atoms with E-state index in [0.717, 1.165) is 11.1 Å². The van der Waals surface area contributed by atoms with Crippen molar-refractivity contribution >= 4 is 24.0 Å². The molecule has 1 amide bonds. The largest absolute Gasteiger partial charge is 0.493 e. The Labute approximate surface area is 237 Å². The number of nitrogens with one attached hydrogen (secondary N) is 1. The molecule has 2 aromatic rings. The molecule has 0 heterocycles. The van der Waals surface area contributed by atoms with E-state index in [1.807, 2.05) is 39.0 Å². The van der Waals surface area contributed by atoms with Crippen molar-refractivity contribution in [2.45, 2.75) is 59.1 Å². The zero-order valence-electron chi connectivity index (χ0n) is 24.3. The third kappa shape index (κ3) is 11.4. The highest BCUT2D eigenvalue weighted by atomic mass is 32.2. The molecule has 8 nitrogen and oxygen atoms in total. The molecule has 0 radical (unpaired) electrons. The summed E-state index contributed by atoms with van der Waals surface area (Å²) in [7, 11) is 1.57. The van der Waals surface area contributed by atoms with Crippen molar-refractivity contribution in [1.29, 1.82) is 0 Å². The number of carbonyl (C=O) groups excluding carboxylic acids is 2. The Kier molecular flexibility index (Phi) is 12.4. The SMILES string of the molecule is COc1cc(CSNC(=O)OCC(COC(=O)C(C)(C)C)Cc2ccc(C(C)(C)C)cc2)ccc1OCCN. The first kappa shape index (κ1) is 32.3. The Morgan fingerprint density at radius 2 is 1.56 bits per heavy atom. The minimum absolute atomic E-state index is 0.0600. The first-order chi connectivity index (χ1) is 18.3. The van der Waals surface area contributed by atoms with Crippen LogP contribution in [0.15, 0.2) is 42.5 Å². The predicted octanol–water partition coefficient (Wildman–Crippen LogP) is 5.65. The van der Waals surface area contributed by atoms with Gasteiger partial charge in [-0.1, -0.05) is 51.1 Å². The average Bonchev–Trinajstić information content (AvgIpc) is 2.88. The van der Waals surface area contributed by atoms with E-state index in [4.69, 9.17) is 24.7 Å². The number of amides is 1. The van der Waals surface area contributed by atoms with Crippen molar-refractivity contribution in [3.63, 3.8) is 0 Å². The lowest BCUT2D eigenvalue weighted by Crippen LogP contribution is -2.29. The fourth-order valence-corrected chi connectivity index (χ4v) is 4.14. The van der Waals surface area contributed by atoms with Gasteiger partial charge in [0.05, 0.1) is 25.7 Å². The third-order valence-electron chi connectivity index (χ3n) is 5.85. The smallest absolute Gasteiger partial charge is 0.417 e. The van der Waals surface area contributed by atoms with Gasteiger partial charge in [0.15, 0.2) is 11.5 Å². The fraction of sp³-hybridized carbons (Fsp3) is 0.533. The number of methoxy groups -OCH3 is 1. The second kappa shape index (κ2) is 15.0. The predicted molar refractivity (Wildman–Crippen MR) is 156 cm³/mol. The monoisotopic (exact) mass is 560 g/mol. The van der Waals surface area contributed by atoms with E-state index in [9.17, 15) is 9.59 Å². The Balaban J connectivity index is 1.93. The molecule has 0 bridgehead atoms. The molecule has 1 atom stereocenters. The Morgan fingerprint density at radius 1 is 0.923 bits per heavy atom. The van der Waals surface area contributed by atoms with Gasteiger partial charge in [0.25, 0.3) is 0 Å². The number of carbonyl (C=O) groups is 2. The molecule has 1 unspecified atom stereocenters. The van der Waals surface area contributed by atoms with Crippen LogP contribution in [0.5, 0.6) is 11.5 Å². The second-order valence-corrected chi connectivity index (χ2v) is 12.3. The summed E-state index contributed by atoms with van der Waals surface area (Å²) in [6, 6.07) is 14.0. The van der Waals surface area contributed by atoms with Crippen LogP contribution in [0, 0.1) is 11.3 Å². The van der Waals surface area contributed by atoms with Gasteiger partial charge in [-0.3, -0.25) is 9.52 Å². The summed E-state index contributed by atoms with van der Waals surface area (Å²) in [5.41, 5.74) is 8.23. The van der Waals surface area contributed by atoms with E-state index in [-0.39, 0.29) is 30.5 Å². The molecule has 0 spiro atoms. The summed E-state index contributed by atoms with van der Waals surface area (Å²) in [6.45, 7) is 13.0. The van der Waals surface area contributed by atoms with Crippen molar-refractivity contribution < 1.29 is 28.5 Å². The summed E-state index contributed by atoms with van der Waals surface area (Å²) in [4.78, 5) is 24.8. The van der Waals surface area contributed by atoms with E-state index in [1.54, 1.807) is 7.11 Å². The van der Waals surface area contributed by atoms with Crippen LogP contribution in [0.1, 0.15) is 58.2 Å². The quantitative estimate of drug-likeness (QED) is 0.239. The minimum Gasteiger partial charge on any atom is -0.493 e. The van der Waals surface area contributed by atoms with Gasteiger partial charge >= 0.3 is 12.1 Å². The van der Waals surface area contributed by atoms with E-state index < -0.39 is 11.5 Å². The number of hydrogen-bond donors (Lipinski definition) is 2. The number of rotatable bonds is 13. The molecule has 0 saturated heterocycles. The van der Waals surface area contributed by atoms with Gasteiger partial charge in [-0.2, -0.15) is 0 Å². The Hall–Kier alpha value is -2.91. The average molecular weight is 561 g/mol. The van der Waals surface area contributed by atoms with Gasteiger partial charge < -0.3 is 24.7 Å². The summed E-state index contributed by atoms with van der Waals surface area (Å²) >= 11 is 1.21. The highest BCUT2D eigenvalue weighted by Gasteiger charge is 2.25. The van der Waals surface area contributed by atoms with Crippen molar-refractivity contribution in [3.8, 4) is 11.5 Å². The number of ether oxygens (including phenoxy) is 4. The van der Waals surface area contributed by atoms with Crippen LogP contribution in [-0.4, -0.2) is 45.5 Å². The van der Waals surface area contributed by atoms with E-state index in [1.165, 1.54) is 17.5 Å². The Morgan fingerprint density at radius 3 is 2.15 bits per heavy atom. The number of benzene rings is 2. The summed E-state index contributed by atoms with van der Waals surface area (Å²) < 4.78 is 24.7. The van der Waals surface area contributed by atoms with Gasteiger partial charge in [0.2, 0.25) is 0 Å². The molecule has 3 N–H and O–H groups in total. The Bertz CT molecular complexity index is 1060. The maximum Gasteiger partial charge on any atom is 0.417 e. The van der Waals surface area contributed by atoms with Crippen molar-refractivity contribution in [2.75, 3.05) is 33.5 Å². The van der Waals surface area contributed by atoms with Gasteiger partial charge in [-0.25, -0.2) is 4.79 Å². The van der Waals surface area contributed by atoms with Crippen LogP contribution in [0.3, 0.4) is 0 Å². The van der Waals surface area contributed by atoms with Crippen LogP contribution < -0.4 is 19.9 Å². The zero-order valence-corrected chi connectivity index (χ0v) is 25.1. The number of nitrogens with two attached hydrogens (primary N) is 1. The van der Waals surface area contributed by atoms with Crippen LogP contribution >= 0.6 is 11.9 Å². The zero-order chi connectivity index (χ0) is 29.1. The van der Waals surface area contributed by atoms with Crippen molar-refractivity contribution in [1.82, 2.24) is 4.72 Å². The van der Waals surface area contributed by atoms with Crippen LogP contribution in [0.2, 0.25) is 0 Å². The van der Waals surface area contributed by atoms with Crippen LogP contribution in [0.25, 0.3) is 0 Å². The maximum absolute atomic E-state index is 12.4. The molecule has 0 aliphatic heterocycles. The molecule has 2 aromatic carbocycles. The highest BCUT2D eigenvalue weighted by Crippen LogP contribution is 2.29. The van der Waals surface area contributed by atoms with E-state index in [2.05, 4.69) is 49.8 Å². The summed E-state index contributed by atoms with van der Waals surface area (Å²) in [5, 5.41) is 0. The molecule has 2 rings (SSSR count). The van der Waals surface area contributed by atoms with E-state index in [0.29, 0.717) is 36.8 Å². The molecule has 0 fully saturated rings. The molecule has 0 aromatic heterocycles. The number of esters is 1. The number of hydrogen-bond acceptors (Lipinski definition) is 8. The van der Waals surface area contributed by atoms with E-state index >= 15 is 0 Å². The molecule has 216 valence electrons. The van der Waals surface area contributed by atoms with Gasteiger partial charge in [-0.15, -0.1) is 0 Å². The fourth-order valence-electron chi connectivity index (χ4n) is 3.54. The van der Waals surface area contributed by atoms with Gasteiger partial charge in [-0.05, 0) is 73.4 Å². The molecule has 9 heteroatoms. The first-order valence-electron chi connectivity index (χ1n) is 13.1. The molecular formula is C30H44N2O6S. The summed E-state index contributed by atoms with van der Waals surface area (Å²) in [6.07, 6.45) is 0.0609. The molecular weight excluding hydrogens is 516 g/mol. The lowest BCUT2D eigenvalue weighted by atomic mass is 9.86. The lowest BCUT2D eigenvalue weighted by Gasteiger charge is -2.22. The third-order valence-corrected chi connectivity index (χ3v) is 6.64. The highest BCUT2D eigenvalue weighted by molar-refractivity contribution is 7.97. The van der Waals surface area contributed by atoms with Crippen LogP contribution in [0.4, 0.5) is 4.79 Å². The molecule has 39 heavy (non-hydrogen) atoms. The molecule has 0 aliphatic rings.